The summed E-state index contributed by atoms with van der Waals surface area (Å²) in [4.78, 5) is 24.3. The summed E-state index contributed by atoms with van der Waals surface area (Å²) in [5, 5.41) is 10.9. The minimum absolute atomic E-state index is 0.0234. The molecule has 9 heteroatoms. The van der Waals surface area contributed by atoms with Crippen molar-refractivity contribution in [3.63, 3.8) is 0 Å². The molecule has 0 aliphatic carbocycles. The van der Waals surface area contributed by atoms with E-state index >= 15 is 0 Å². The van der Waals surface area contributed by atoms with Crippen LogP contribution in [0, 0.1) is 5.82 Å². The summed E-state index contributed by atoms with van der Waals surface area (Å²) in [7, 11) is -3.50. The second-order valence-electron chi connectivity index (χ2n) is 6.22. The molecule has 2 amide bonds. The van der Waals surface area contributed by atoms with Crippen molar-refractivity contribution in [3.05, 3.63) is 48.3 Å². The lowest BCUT2D eigenvalue weighted by molar-refractivity contribution is -0.118. The second kappa shape index (κ2) is 6.99. The Morgan fingerprint density at radius 3 is 2.59 bits per heavy atom. The molecule has 1 atom stereocenters. The van der Waals surface area contributed by atoms with E-state index in [0.29, 0.717) is 11.1 Å². The fraction of sp³-hybridized carbons (Fsp3) is 0.222. The fourth-order valence-corrected chi connectivity index (χ4v) is 4.04. The highest BCUT2D eigenvalue weighted by atomic mass is 32.2. The SMILES string of the molecule is CS(=O)(=O)c1ccccc1-c1ccc(N2CC[C@H](NC(=O)O)C2=O)c(F)c1. The standard InChI is InChI=1S/C18H17FN2O5S/c1-27(25,26)16-5-3-2-4-12(16)11-6-7-15(13(19)10-11)21-9-8-14(17(21)22)20-18(23)24/h2-7,10,14,20H,8-9H2,1H3,(H,23,24)/t14-/m0/s1. The number of halogens is 1. The van der Waals surface area contributed by atoms with E-state index in [-0.39, 0.29) is 23.5 Å². The predicted molar refractivity (Wildman–Crippen MR) is 96.9 cm³/mol. The largest absolute Gasteiger partial charge is 0.465 e. The van der Waals surface area contributed by atoms with Gasteiger partial charge in [-0.3, -0.25) is 4.79 Å². The first-order valence-corrected chi connectivity index (χ1v) is 9.97. The molecule has 1 aliphatic rings. The third-order valence-electron chi connectivity index (χ3n) is 4.34. The van der Waals surface area contributed by atoms with Gasteiger partial charge >= 0.3 is 6.09 Å². The van der Waals surface area contributed by atoms with Crippen LogP contribution in [0.2, 0.25) is 0 Å². The maximum atomic E-state index is 14.7. The quantitative estimate of drug-likeness (QED) is 0.831. The number of anilines is 1. The van der Waals surface area contributed by atoms with Crippen molar-refractivity contribution in [3.8, 4) is 11.1 Å². The lowest BCUT2D eigenvalue weighted by atomic mass is 10.0. The summed E-state index contributed by atoms with van der Waals surface area (Å²) < 4.78 is 38.6. The highest BCUT2D eigenvalue weighted by Gasteiger charge is 2.34. The van der Waals surface area contributed by atoms with E-state index in [9.17, 15) is 22.4 Å². The monoisotopic (exact) mass is 392 g/mol. The van der Waals surface area contributed by atoms with Crippen LogP contribution in [0.4, 0.5) is 14.9 Å². The Hall–Kier alpha value is -2.94. The number of nitrogens with zero attached hydrogens (tertiary/aromatic N) is 1. The molecule has 2 aromatic rings. The summed E-state index contributed by atoms with van der Waals surface area (Å²) >= 11 is 0. The number of sulfone groups is 1. The number of hydrogen-bond acceptors (Lipinski definition) is 4. The molecule has 0 bridgehead atoms. The number of amides is 2. The molecule has 2 N–H and O–H groups in total. The van der Waals surface area contributed by atoms with Crippen LogP contribution in [0.15, 0.2) is 47.4 Å². The van der Waals surface area contributed by atoms with E-state index < -0.39 is 33.7 Å². The molecule has 27 heavy (non-hydrogen) atoms. The smallest absolute Gasteiger partial charge is 0.405 e. The molecule has 0 unspecified atom stereocenters. The van der Waals surface area contributed by atoms with Gasteiger partial charge in [-0.05, 0) is 30.2 Å². The van der Waals surface area contributed by atoms with Crippen molar-refractivity contribution in [2.45, 2.75) is 17.4 Å². The number of carboxylic acid groups (broad SMARTS) is 1. The number of nitrogens with one attached hydrogen (secondary N) is 1. The molecule has 0 saturated carbocycles. The topological polar surface area (TPSA) is 104 Å². The van der Waals surface area contributed by atoms with Crippen molar-refractivity contribution in [2.24, 2.45) is 0 Å². The highest BCUT2D eigenvalue weighted by molar-refractivity contribution is 7.90. The van der Waals surface area contributed by atoms with Crippen molar-refractivity contribution in [1.82, 2.24) is 5.32 Å². The van der Waals surface area contributed by atoms with E-state index in [1.54, 1.807) is 18.2 Å². The third kappa shape index (κ3) is 3.77. The Bertz CT molecular complexity index is 1020. The Balaban J connectivity index is 1.95. The molecule has 3 rings (SSSR count). The van der Waals surface area contributed by atoms with Gasteiger partial charge in [0.25, 0.3) is 0 Å². The van der Waals surface area contributed by atoms with Gasteiger partial charge in [-0.2, -0.15) is 0 Å². The lowest BCUT2D eigenvalue weighted by Gasteiger charge is -2.18. The molecular formula is C18H17FN2O5S. The Morgan fingerprint density at radius 2 is 1.96 bits per heavy atom. The van der Waals surface area contributed by atoms with Crippen LogP contribution < -0.4 is 10.2 Å². The summed E-state index contributed by atoms with van der Waals surface area (Å²) in [6.45, 7) is 0.181. The van der Waals surface area contributed by atoms with Crippen molar-refractivity contribution >= 4 is 27.5 Å². The maximum absolute atomic E-state index is 14.7. The van der Waals surface area contributed by atoms with Gasteiger partial charge in [0.15, 0.2) is 9.84 Å². The Labute approximate surface area is 155 Å². The lowest BCUT2D eigenvalue weighted by Crippen LogP contribution is -2.41. The summed E-state index contributed by atoms with van der Waals surface area (Å²) in [6, 6.07) is 9.46. The molecule has 1 heterocycles. The van der Waals surface area contributed by atoms with Crippen molar-refractivity contribution in [2.75, 3.05) is 17.7 Å². The first kappa shape index (κ1) is 18.8. The number of carbonyl (C=O) groups is 2. The average Bonchev–Trinajstić information content (AvgIpc) is 2.94. The predicted octanol–water partition coefficient (Wildman–Crippen LogP) is 2.27. The normalized spacial score (nSPS) is 17.2. The van der Waals surface area contributed by atoms with E-state index in [4.69, 9.17) is 5.11 Å². The van der Waals surface area contributed by atoms with Crippen LogP contribution in [0.1, 0.15) is 6.42 Å². The molecule has 0 radical (unpaired) electrons. The highest BCUT2D eigenvalue weighted by Crippen LogP contribution is 2.32. The van der Waals surface area contributed by atoms with Gasteiger partial charge in [-0.1, -0.05) is 24.3 Å². The Morgan fingerprint density at radius 1 is 1.26 bits per heavy atom. The number of carbonyl (C=O) groups excluding carboxylic acids is 1. The van der Waals surface area contributed by atoms with Crippen LogP contribution in [-0.4, -0.2) is 44.4 Å². The molecule has 1 saturated heterocycles. The van der Waals surface area contributed by atoms with E-state index in [2.05, 4.69) is 5.32 Å². The van der Waals surface area contributed by atoms with E-state index in [1.807, 2.05) is 0 Å². The van der Waals surface area contributed by atoms with Gasteiger partial charge in [0, 0.05) is 18.4 Å². The van der Waals surface area contributed by atoms with Crippen LogP contribution in [0.3, 0.4) is 0 Å². The van der Waals surface area contributed by atoms with Crippen LogP contribution in [0.25, 0.3) is 11.1 Å². The molecule has 2 aromatic carbocycles. The van der Waals surface area contributed by atoms with E-state index in [1.165, 1.54) is 29.2 Å². The van der Waals surface area contributed by atoms with Gasteiger partial charge in [0.1, 0.15) is 11.9 Å². The third-order valence-corrected chi connectivity index (χ3v) is 5.49. The maximum Gasteiger partial charge on any atom is 0.405 e. The van der Waals surface area contributed by atoms with Gasteiger partial charge in [0.2, 0.25) is 5.91 Å². The van der Waals surface area contributed by atoms with Gasteiger partial charge in [0.05, 0.1) is 10.6 Å². The Kier molecular flexibility index (Phi) is 4.88. The van der Waals surface area contributed by atoms with Crippen molar-refractivity contribution in [1.29, 1.82) is 0 Å². The minimum Gasteiger partial charge on any atom is -0.465 e. The molecule has 0 spiro atoms. The molecule has 7 nitrogen and oxygen atoms in total. The van der Waals surface area contributed by atoms with Gasteiger partial charge in [-0.15, -0.1) is 0 Å². The van der Waals surface area contributed by atoms with E-state index in [0.717, 1.165) is 6.26 Å². The minimum atomic E-state index is -3.50. The summed E-state index contributed by atoms with van der Waals surface area (Å²) in [5.74, 6) is -1.22. The zero-order chi connectivity index (χ0) is 19.8. The summed E-state index contributed by atoms with van der Waals surface area (Å²) in [5.41, 5.74) is 0.753. The fourth-order valence-electron chi connectivity index (χ4n) is 3.12. The second-order valence-corrected chi connectivity index (χ2v) is 8.20. The zero-order valence-corrected chi connectivity index (χ0v) is 15.2. The van der Waals surface area contributed by atoms with Crippen LogP contribution in [0.5, 0.6) is 0 Å². The molecule has 142 valence electrons. The number of benzene rings is 2. The number of rotatable bonds is 4. The molecular weight excluding hydrogens is 375 g/mol. The zero-order valence-electron chi connectivity index (χ0n) is 14.3. The molecule has 1 fully saturated rings. The van der Waals surface area contributed by atoms with Gasteiger partial charge in [-0.25, -0.2) is 17.6 Å². The van der Waals surface area contributed by atoms with Crippen LogP contribution in [-0.2, 0) is 14.6 Å². The van der Waals surface area contributed by atoms with Crippen LogP contribution >= 0.6 is 0 Å². The molecule has 1 aliphatic heterocycles. The first-order valence-electron chi connectivity index (χ1n) is 8.08. The first-order chi connectivity index (χ1) is 12.7. The summed E-state index contributed by atoms with van der Waals surface area (Å²) in [6.07, 6.45) is 0.00145. The average molecular weight is 392 g/mol. The van der Waals surface area contributed by atoms with Gasteiger partial charge < -0.3 is 15.3 Å². The molecule has 0 aromatic heterocycles. The number of hydrogen-bond donors (Lipinski definition) is 2. The van der Waals surface area contributed by atoms with Crippen molar-refractivity contribution < 1.29 is 27.5 Å².